The van der Waals surface area contributed by atoms with Gasteiger partial charge in [0.15, 0.2) is 0 Å². The highest BCUT2D eigenvalue weighted by molar-refractivity contribution is 7.89. The zero-order chi connectivity index (χ0) is 12.5. The molecule has 1 aliphatic heterocycles. The lowest BCUT2D eigenvalue weighted by molar-refractivity contribution is 0.115. The molecular weight excluding hydrogens is 242 g/mol. The molecule has 1 fully saturated rings. The number of nitrogens with two attached hydrogens (primary N) is 1. The molecule has 1 aliphatic rings. The molecule has 0 aliphatic carbocycles. The molecule has 0 saturated carbocycles. The highest BCUT2D eigenvalue weighted by atomic mass is 32.2. The quantitative estimate of drug-likeness (QED) is 0.828. The molecule has 7 heteroatoms. The van der Waals surface area contributed by atoms with Crippen molar-refractivity contribution in [2.45, 2.75) is 17.4 Å². The molecule has 1 atom stereocenters. The second-order valence-corrected chi connectivity index (χ2v) is 5.83. The van der Waals surface area contributed by atoms with E-state index < -0.39 is 10.0 Å². The largest absolute Gasteiger partial charge is 0.398 e. The van der Waals surface area contributed by atoms with Crippen LogP contribution in [0, 0.1) is 0 Å². The van der Waals surface area contributed by atoms with Crippen LogP contribution in [0.4, 0.5) is 5.69 Å². The van der Waals surface area contributed by atoms with Crippen molar-refractivity contribution >= 4 is 15.7 Å². The second-order valence-electron chi connectivity index (χ2n) is 3.92. The number of ether oxygens (including phenoxy) is 1. The molecule has 17 heavy (non-hydrogen) atoms. The average Bonchev–Trinajstić information content (AvgIpc) is 2.78. The van der Waals surface area contributed by atoms with Crippen molar-refractivity contribution in [3.05, 3.63) is 18.5 Å². The van der Waals surface area contributed by atoms with Crippen LogP contribution in [0.15, 0.2) is 23.4 Å². The van der Waals surface area contributed by atoms with Gasteiger partial charge in [-0.3, -0.25) is 4.98 Å². The van der Waals surface area contributed by atoms with E-state index >= 15 is 0 Å². The van der Waals surface area contributed by atoms with Gasteiger partial charge in [-0.2, -0.15) is 4.31 Å². The van der Waals surface area contributed by atoms with Crippen LogP contribution in [0.25, 0.3) is 0 Å². The summed E-state index contributed by atoms with van der Waals surface area (Å²) in [6.07, 6.45) is 3.42. The van der Waals surface area contributed by atoms with Crippen molar-refractivity contribution in [1.29, 1.82) is 0 Å². The predicted molar refractivity (Wildman–Crippen MR) is 62.8 cm³/mol. The molecule has 1 aromatic heterocycles. The molecule has 0 amide bonds. The lowest BCUT2D eigenvalue weighted by Crippen LogP contribution is -2.30. The fourth-order valence-electron chi connectivity index (χ4n) is 1.85. The van der Waals surface area contributed by atoms with Gasteiger partial charge in [0.2, 0.25) is 10.0 Å². The Kier molecular flexibility index (Phi) is 3.32. The molecule has 2 heterocycles. The SMILES string of the molecule is COC1CCN(S(=O)(=O)c2cnccc2N)C1. The smallest absolute Gasteiger partial charge is 0.246 e. The molecular formula is C10H15N3O3S. The third kappa shape index (κ3) is 2.26. The first-order valence-corrected chi connectivity index (χ1v) is 6.72. The number of hydrogen-bond acceptors (Lipinski definition) is 5. The Balaban J connectivity index is 2.29. The monoisotopic (exact) mass is 257 g/mol. The second kappa shape index (κ2) is 4.59. The van der Waals surface area contributed by atoms with Crippen LogP contribution in [0.2, 0.25) is 0 Å². The van der Waals surface area contributed by atoms with E-state index in [9.17, 15) is 8.42 Å². The summed E-state index contributed by atoms with van der Waals surface area (Å²) in [7, 11) is -1.96. The fourth-order valence-corrected chi connectivity index (χ4v) is 3.40. The van der Waals surface area contributed by atoms with E-state index in [1.807, 2.05) is 0 Å². The molecule has 0 radical (unpaired) electrons. The highest BCUT2D eigenvalue weighted by Crippen LogP contribution is 2.25. The number of nitrogen functional groups attached to an aromatic ring is 1. The van der Waals surface area contributed by atoms with Gasteiger partial charge in [0.1, 0.15) is 4.90 Å². The zero-order valence-electron chi connectivity index (χ0n) is 9.54. The fraction of sp³-hybridized carbons (Fsp3) is 0.500. The van der Waals surface area contributed by atoms with E-state index in [-0.39, 0.29) is 16.7 Å². The van der Waals surface area contributed by atoms with E-state index in [4.69, 9.17) is 10.5 Å². The number of rotatable bonds is 3. The standard InChI is InChI=1S/C10H15N3O3S/c1-16-8-3-5-13(7-8)17(14,15)10-6-12-4-2-9(10)11/h2,4,6,8H,3,5,7H2,1H3,(H2,11,12). The van der Waals surface area contributed by atoms with Gasteiger partial charge in [-0.1, -0.05) is 0 Å². The van der Waals surface area contributed by atoms with Crippen LogP contribution in [-0.4, -0.2) is 44.0 Å². The summed E-state index contributed by atoms with van der Waals surface area (Å²) in [5, 5.41) is 0. The minimum atomic E-state index is -3.55. The molecule has 2 rings (SSSR count). The summed E-state index contributed by atoms with van der Waals surface area (Å²) >= 11 is 0. The molecule has 0 aromatic carbocycles. The lowest BCUT2D eigenvalue weighted by atomic mass is 10.3. The molecule has 1 unspecified atom stereocenters. The van der Waals surface area contributed by atoms with Crippen LogP contribution < -0.4 is 5.73 Å². The van der Waals surface area contributed by atoms with Crippen molar-refractivity contribution in [3.63, 3.8) is 0 Å². The van der Waals surface area contributed by atoms with Gasteiger partial charge in [0.25, 0.3) is 0 Å². The molecule has 1 saturated heterocycles. The van der Waals surface area contributed by atoms with Crippen LogP contribution >= 0.6 is 0 Å². The van der Waals surface area contributed by atoms with Gasteiger partial charge < -0.3 is 10.5 Å². The maximum Gasteiger partial charge on any atom is 0.246 e. The number of aromatic nitrogens is 1. The third-order valence-electron chi connectivity index (χ3n) is 2.88. The number of pyridine rings is 1. The van der Waals surface area contributed by atoms with Crippen LogP contribution in [0.3, 0.4) is 0 Å². The number of nitrogens with zero attached hydrogens (tertiary/aromatic N) is 2. The summed E-state index contributed by atoms with van der Waals surface area (Å²) in [6.45, 7) is 0.822. The molecule has 1 aromatic rings. The molecule has 2 N–H and O–H groups in total. The van der Waals surface area contributed by atoms with Crippen LogP contribution in [0.1, 0.15) is 6.42 Å². The van der Waals surface area contributed by atoms with E-state index in [0.717, 1.165) is 0 Å². The summed E-state index contributed by atoms with van der Waals surface area (Å²) in [5.74, 6) is 0. The Morgan fingerprint density at radius 3 is 2.94 bits per heavy atom. The molecule has 0 bridgehead atoms. The minimum Gasteiger partial charge on any atom is -0.398 e. The maximum atomic E-state index is 12.3. The molecule has 0 spiro atoms. The number of methoxy groups -OCH3 is 1. The number of hydrogen-bond donors (Lipinski definition) is 1. The Morgan fingerprint density at radius 2 is 2.35 bits per heavy atom. The first-order chi connectivity index (χ1) is 8.05. The van der Waals surface area contributed by atoms with Gasteiger partial charge in [-0.05, 0) is 12.5 Å². The zero-order valence-corrected chi connectivity index (χ0v) is 10.4. The third-order valence-corrected chi connectivity index (χ3v) is 4.78. The summed E-state index contributed by atoms with van der Waals surface area (Å²) in [6, 6.07) is 1.48. The van der Waals surface area contributed by atoms with Crippen molar-refractivity contribution in [2.75, 3.05) is 25.9 Å². The first-order valence-electron chi connectivity index (χ1n) is 5.28. The molecule has 94 valence electrons. The van der Waals surface area contributed by atoms with Crippen LogP contribution in [0.5, 0.6) is 0 Å². The lowest BCUT2D eigenvalue weighted by Gasteiger charge is -2.16. The van der Waals surface area contributed by atoms with E-state index in [1.54, 1.807) is 7.11 Å². The summed E-state index contributed by atoms with van der Waals surface area (Å²) in [5.41, 5.74) is 5.89. The predicted octanol–water partition coefficient (Wildman–Crippen LogP) is 0.0732. The van der Waals surface area contributed by atoms with E-state index in [1.165, 1.54) is 22.8 Å². The molecule has 6 nitrogen and oxygen atoms in total. The normalized spacial score (nSPS) is 21.8. The van der Waals surface area contributed by atoms with Crippen molar-refractivity contribution in [3.8, 4) is 0 Å². The van der Waals surface area contributed by atoms with Crippen molar-refractivity contribution in [1.82, 2.24) is 9.29 Å². The van der Waals surface area contributed by atoms with Crippen molar-refractivity contribution in [2.24, 2.45) is 0 Å². The van der Waals surface area contributed by atoms with E-state index in [0.29, 0.717) is 19.5 Å². The Hall–Kier alpha value is -1.18. The topological polar surface area (TPSA) is 85.5 Å². The van der Waals surface area contributed by atoms with Gasteiger partial charge in [-0.25, -0.2) is 8.42 Å². The Labute approximate surface area is 100 Å². The first kappa shape index (κ1) is 12.3. The number of anilines is 1. The summed E-state index contributed by atoms with van der Waals surface area (Å²) in [4.78, 5) is 3.87. The van der Waals surface area contributed by atoms with E-state index in [2.05, 4.69) is 4.98 Å². The van der Waals surface area contributed by atoms with Gasteiger partial charge in [0.05, 0.1) is 11.8 Å². The average molecular weight is 257 g/mol. The minimum absolute atomic E-state index is 0.0392. The van der Waals surface area contributed by atoms with Gasteiger partial charge in [0, 0.05) is 32.6 Å². The van der Waals surface area contributed by atoms with Gasteiger partial charge in [-0.15, -0.1) is 0 Å². The van der Waals surface area contributed by atoms with Crippen LogP contribution in [-0.2, 0) is 14.8 Å². The Morgan fingerprint density at radius 1 is 1.59 bits per heavy atom. The highest BCUT2D eigenvalue weighted by Gasteiger charge is 2.33. The van der Waals surface area contributed by atoms with Crippen molar-refractivity contribution < 1.29 is 13.2 Å². The Bertz CT molecular complexity index is 503. The summed E-state index contributed by atoms with van der Waals surface area (Å²) < 4.78 is 31.1. The van der Waals surface area contributed by atoms with Gasteiger partial charge >= 0.3 is 0 Å². The maximum absolute atomic E-state index is 12.3. The number of sulfonamides is 1.